The summed E-state index contributed by atoms with van der Waals surface area (Å²) >= 11 is 0. The summed E-state index contributed by atoms with van der Waals surface area (Å²) in [5.74, 6) is 0.0429. The van der Waals surface area contributed by atoms with Crippen molar-refractivity contribution in [1.29, 1.82) is 0 Å². The van der Waals surface area contributed by atoms with Crippen molar-refractivity contribution in [1.82, 2.24) is 14.5 Å². The van der Waals surface area contributed by atoms with Crippen molar-refractivity contribution in [2.24, 2.45) is 5.92 Å². The minimum absolute atomic E-state index is 0.00273. The van der Waals surface area contributed by atoms with Crippen molar-refractivity contribution >= 4 is 27.5 Å². The molecule has 176 valence electrons. The molecule has 0 radical (unpaired) electrons. The Hall–Kier alpha value is -1.97. The maximum atomic E-state index is 13.0. The highest BCUT2D eigenvalue weighted by Gasteiger charge is 2.34. The maximum Gasteiger partial charge on any atom is 0.240 e. The number of nitrogens with one attached hydrogen (secondary N) is 2. The number of benzene rings is 1. The van der Waals surface area contributed by atoms with E-state index in [4.69, 9.17) is 0 Å². The normalized spacial score (nSPS) is 25.2. The first-order chi connectivity index (χ1) is 15.3. The van der Waals surface area contributed by atoms with Gasteiger partial charge in [0, 0.05) is 56.8 Å². The average Bonchev–Trinajstić information content (AvgIpc) is 2.73. The van der Waals surface area contributed by atoms with E-state index in [2.05, 4.69) is 14.9 Å². The van der Waals surface area contributed by atoms with E-state index in [1.807, 2.05) is 4.90 Å². The molecule has 0 unspecified atom stereocenters. The van der Waals surface area contributed by atoms with Crippen molar-refractivity contribution in [3.8, 4) is 0 Å². The zero-order valence-corrected chi connectivity index (χ0v) is 19.6. The average molecular weight is 463 g/mol. The summed E-state index contributed by atoms with van der Waals surface area (Å²) in [5, 5.41) is 2.63. The Morgan fingerprint density at radius 3 is 2.06 bits per heavy atom. The molecule has 0 aromatic heterocycles. The summed E-state index contributed by atoms with van der Waals surface area (Å²) in [6.07, 6.45) is 6.70. The standard InChI is InChI=1S/C23H34N4O4S/c1-17(28)24-19-9-11-22(12-10-19)32(30,31)25-20-7-5-18(6-8-20)23(29)27-15-13-26(14-16-27)21-3-2-4-21/h9-12,18,20-21,25H,2-8,13-16H2,1H3,(H,24,28). The number of nitrogens with zero attached hydrogens (tertiary/aromatic N) is 2. The molecule has 8 nitrogen and oxygen atoms in total. The Morgan fingerprint density at radius 1 is 0.906 bits per heavy atom. The van der Waals surface area contributed by atoms with Crippen LogP contribution < -0.4 is 10.0 Å². The highest BCUT2D eigenvalue weighted by molar-refractivity contribution is 7.89. The Balaban J connectivity index is 1.24. The van der Waals surface area contributed by atoms with Crippen LogP contribution in [0.4, 0.5) is 5.69 Å². The molecule has 1 aromatic carbocycles. The third kappa shape index (κ3) is 5.50. The molecule has 4 rings (SSSR count). The van der Waals surface area contributed by atoms with Crippen LogP contribution in [0.1, 0.15) is 51.9 Å². The molecule has 1 saturated heterocycles. The van der Waals surface area contributed by atoms with Crippen LogP contribution in [0.2, 0.25) is 0 Å². The molecule has 0 atom stereocenters. The van der Waals surface area contributed by atoms with Crippen molar-refractivity contribution in [3.05, 3.63) is 24.3 Å². The van der Waals surface area contributed by atoms with E-state index < -0.39 is 10.0 Å². The van der Waals surface area contributed by atoms with E-state index in [1.54, 1.807) is 12.1 Å². The fourth-order valence-electron chi connectivity index (χ4n) is 4.98. The lowest BCUT2D eigenvalue weighted by Gasteiger charge is -2.44. The van der Waals surface area contributed by atoms with Crippen LogP contribution in [-0.2, 0) is 19.6 Å². The lowest BCUT2D eigenvalue weighted by molar-refractivity contribution is -0.139. The summed E-state index contributed by atoms with van der Waals surface area (Å²) in [4.78, 5) is 28.8. The van der Waals surface area contributed by atoms with E-state index in [-0.39, 0.29) is 28.7 Å². The minimum atomic E-state index is -3.64. The topological polar surface area (TPSA) is 98.8 Å². The zero-order chi connectivity index (χ0) is 22.7. The monoisotopic (exact) mass is 462 g/mol. The molecular formula is C23H34N4O4S. The fourth-order valence-corrected chi connectivity index (χ4v) is 6.29. The van der Waals surface area contributed by atoms with E-state index in [1.165, 1.54) is 38.3 Å². The first-order valence-corrected chi connectivity index (χ1v) is 13.2. The summed E-state index contributed by atoms with van der Waals surface area (Å²) in [5.41, 5.74) is 0.559. The van der Waals surface area contributed by atoms with Gasteiger partial charge in [0.05, 0.1) is 4.90 Å². The molecule has 0 bridgehead atoms. The number of carbonyl (C=O) groups is 2. The molecule has 2 N–H and O–H groups in total. The summed E-state index contributed by atoms with van der Waals surface area (Å²) in [6, 6.07) is 6.72. The van der Waals surface area contributed by atoms with Gasteiger partial charge in [0.1, 0.15) is 0 Å². The third-order valence-corrected chi connectivity index (χ3v) is 8.64. The molecule has 2 aliphatic carbocycles. The molecule has 9 heteroatoms. The van der Waals surface area contributed by atoms with Crippen LogP contribution in [-0.4, -0.2) is 68.3 Å². The summed E-state index contributed by atoms with van der Waals surface area (Å²) < 4.78 is 28.3. The highest BCUT2D eigenvalue weighted by Crippen LogP contribution is 2.29. The van der Waals surface area contributed by atoms with Gasteiger partial charge in [-0.2, -0.15) is 0 Å². The molecule has 1 heterocycles. The lowest BCUT2D eigenvalue weighted by atomic mass is 9.85. The molecule has 0 spiro atoms. The maximum absolute atomic E-state index is 13.0. The summed E-state index contributed by atoms with van der Waals surface area (Å²) in [6.45, 7) is 4.99. The van der Waals surface area contributed by atoms with Gasteiger partial charge in [-0.15, -0.1) is 0 Å². The zero-order valence-electron chi connectivity index (χ0n) is 18.8. The Bertz CT molecular complexity index is 914. The van der Waals surface area contributed by atoms with Crippen LogP contribution in [0.5, 0.6) is 0 Å². The molecule has 3 fully saturated rings. The van der Waals surface area contributed by atoms with Gasteiger partial charge in [-0.05, 0) is 62.8 Å². The highest BCUT2D eigenvalue weighted by atomic mass is 32.2. The van der Waals surface area contributed by atoms with Gasteiger partial charge in [-0.1, -0.05) is 6.42 Å². The molecular weight excluding hydrogens is 428 g/mol. The second-order valence-electron chi connectivity index (χ2n) is 9.32. The van der Waals surface area contributed by atoms with Crippen LogP contribution in [0, 0.1) is 5.92 Å². The van der Waals surface area contributed by atoms with E-state index in [0.717, 1.165) is 45.1 Å². The lowest BCUT2D eigenvalue weighted by Crippen LogP contribution is -2.54. The minimum Gasteiger partial charge on any atom is -0.340 e. The number of rotatable bonds is 6. The van der Waals surface area contributed by atoms with Gasteiger partial charge in [0.15, 0.2) is 0 Å². The number of anilines is 1. The van der Waals surface area contributed by atoms with Crippen LogP contribution in [0.25, 0.3) is 0 Å². The summed E-state index contributed by atoms with van der Waals surface area (Å²) in [7, 11) is -3.64. The van der Waals surface area contributed by atoms with E-state index in [9.17, 15) is 18.0 Å². The van der Waals surface area contributed by atoms with Crippen molar-refractivity contribution in [2.75, 3.05) is 31.5 Å². The second kappa shape index (κ2) is 9.89. The first kappa shape index (κ1) is 23.2. The number of hydrogen-bond donors (Lipinski definition) is 2. The Morgan fingerprint density at radius 2 is 1.53 bits per heavy atom. The number of piperazine rings is 1. The molecule has 1 aliphatic heterocycles. The van der Waals surface area contributed by atoms with Crippen molar-refractivity contribution in [3.63, 3.8) is 0 Å². The van der Waals surface area contributed by atoms with Crippen molar-refractivity contribution < 1.29 is 18.0 Å². The SMILES string of the molecule is CC(=O)Nc1ccc(S(=O)(=O)NC2CCC(C(=O)N3CCN(C4CCC4)CC3)CC2)cc1. The van der Waals surface area contributed by atoms with Crippen LogP contribution in [0.3, 0.4) is 0 Å². The number of hydrogen-bond acceptors (Lipinski definition) is 5. The quantitative estimate of drug-likeness (QED) is 0.675. The van der Waals surface area contributed by atoms with Gasteiger partial charge in [-0.3, -0.25) is 14.5 Å². The number of carbonyl (C=O) groups excluding carboxylic acids is 2. The molecule has 2 saturated carbocycles. The van der Waals surface area contributed by atoms with Gasteiger partial charge in [0.25, 0.3) is 0 Å². The largest absolute Gasteiger partial charge is 0.340 e. The number of sulfonamides is 1. The van der Waals surface area contributed by atoms with Crippen LogP contribution in [0.15, 0.2) is 29.2 Å². The van der Waals surface area contributed by atoms with Gasteiger partial charge in [0.2, 0.25) is 21.8 Å². The smallest absolute Gasteiger partial charge is 0.240 e. The van der Waals surface area contributed by atoms with Gasteiger partial charge in [-0.25, -0.2) is 13.1 Å². The Kier molecular flexibility index (Phi) is 7.17. The Labute approximate surface area is 190 Å². The van der Waals surface area contributed by atoms with Gasteiger partial charge >= 0.3 is 0 Å². The predicted molar refractivity (Wildman–Crippen MR) is 123 cm³/mol. The molecule has 32 heavy (non-hydrogen) atoms. The van der Waals surface area contributed by atoms with Gasteiger partial charge < -0.3 is 10.2 Å². The predicted octanol–water partition coefficient (Wildman–Crippen LogP) is 2.18. The first-order valence-electron chi connectivity index (χ1n) is 11.7. The third-order valence-electron chi connectivity index (χ3n) is 7.10. The molecule has 1 aromatic rings. The van der Waals surface area contributed by atoms with E-state index in [0.29, 0.717) is 18.5 Å². The van der Waals surface area contributed by atoms with Crippen molar-refractivity contribution in [2.45, 2.75) is 68.8 Å². The molecule has 2 amide bonds. The molecule has 3 aliphatic rings. The number of amides is 2. The van der Waals surface area contributed by atoms with Crippen LogP contribution >= 0.6 is 0 Å². The second-order valence-corrected chi connectivity index (χ2v) is 11.0. The van der Waals surface area contributed by atoms with E-state index >= 15 is 0 Å². The fraction of sp³-hybridized carbons (Fsp3) is 0.652.